The van der Waals surface area contributed by atoms with E-state index in [9.17, 15) is 4.79 Å². The van der Waals surface area contributed by atoms with E-state index in [1.807, 2.05) is 27.7 Å². The lowest BCUT2D eigenvalue weighted by Gasteiger charge is -2.35. The van der Waals surface area contributed by atoms with Crippen molar-refractivity contribution in [3.8, 4) is 0 Å². The maximum Gasteiger partial charge on any atom is 0.410 e. The van der Waals surface area contributed by atoms with Gasteiger partial charge in [0.1, 0.15) is 5.60 Å². The van der Waals surface area contributed by atoms with Crippen molar-refractivity contribution in [1.82, 2.24) is 4.90 Å². The summed E-state index contributed by atoms with van der Waals surface area (Å²) < 4.78 is 5.35. The zero-order valence-electron chi connectivity index (χ0n) is 10.2. The lowest BCUT2D eigenvalue weighted by molar-refractivity contribution is 0.0120. The predicted molar refractivity (Wildman–Crippen MR) is 59.6 cm³/mol. The molecule has 0 aromatic carbocycles. The van der Waals surface area contributed by atoms with Gasteiger partial charge in [0.15, 0.2) is 0 Å². The molecule has 1 rings (SSSR count). The van der Waals surface area contributed by atoms with Gasteiger partial charge >= 0.3 is 6.09 Å². The number of amides is 1. The van der Waals surface area contributed by atoms with Gasteiger partial charge in [-0.2, -0.15) is 0 Å². The number of carbonyl (C=O) groups excluding carboxylic acids is 1. The number of likely N-dealkylation sites (tertiary alicyclic amines) is 1. The standard InChI is InChI=1S/C11H22N2O2/c1-10(2,3)15-9(14)13-7-5-6-11(13,4)8-12/h5-8,12H2,1-4H3/t11-/m0/s1. The molecule has 4 heteroatoms. The van der Waals surface area contributed by atoms with Gasteiger partial charge in [0.25, 0.3) is 0 Å². The van der Waals surface area contributed by atoms with Crippen LogP contribution in [-0.2, 0) is 4.74 Å². The summed E-state index contributed by atoms with van der Waals surface area (Å²) in [5.74, 6) is 0. The SMILES string of the molecule is CC(C)(C)OC(=O)N1CCC[C@@]1(C)CN. The lowest BCUT2D eigenvalue weighted by atomic mass is 10.00. The third kappa shape index (κ3) is 2.84. The van der Waals surface area contributed by atoms with E-state index in [2.05, 4.69) is 0 Å². The zero-order valence-corrected chi connectivity index (χ0v) is 10.2. The van der Waals surface area contributed by atoms with E-state index in [4.69, 9.17) is 10.5 Å². The largest absolute Gasteiger partial charge is 0.444 e. The molecular formula is C11H22N2O2. The summed E-state index contributed by atoms with van der Waals surface area (Å²) >= 11 is 0. The van der Waals surface area contributed by atoms with Crippen LogP contribution in [0, 0.1) is 0 Å². The lowest BCUT2D eigenvalue weighted by Crippen LogP contribution is -2.51. The van der Waals surface area contributed by atoms with Crippen molar-refractivity contribution < 1.29 is 9.53 Å². The number of rotatable bonds is 1. The Balaban J connectivity index is 2.67. The molecule has 0 aromatic rings. The minimum Gasteiger partial charge on any atom is -0.444 e. The number of hydrogen-bond donors (Lipinski definition) is 1. The third-order valence-corrected chi connectivity index (χ3v) is 2.80. The van der Waals surface area contributed by atoms with E-state index in [0.717, 1.165) is 19.4 Å². The molecule has 0 radical (unpaired) electrons. The molecule has 1 atom stereocenters. The maximum atomic E-state index is 11.9. The van der Waals surface area contributed by atoms with Crippen molar-refractivity contribution in [3.63, 3.8) is 0 Å². The molecule has 4 nitrogen and oxygen atoms in total. The second-order valence-corrected chi connectivity index (χ2v) is 5.44. The first-order chi connectivity index (χ1) is 6.78. The smallest absolute Gasteiger partial charge is 0.410 e. The minimum atomic E-state index is -0.435. The van der Waals surface area contributed by atoms with Crippen molar-refractivity contribution in [3.05, 3.63) is 0 Å². The Labute approximate surface area is 91.8 Å². The fourth-order valence-corrected chi connectivity index (χ4v) is 1.86. The fourth-order valence-electron chi connectivity index (χ4n) is 1.86. The highest BCUT2D eigenvalue weighted by atomic mass is 16.6. The molecule has 0 aromatic heterocycles. The summed E-state index contributed by atoms with van der Waals surface area (Å²) in [4.78, 5) is 13.6. The summed E-state index contributed by atoms with van der Waals surface area (Å²) in [6, 6.07) is 0. The van der Waals surface area contributed by atoms with E-state index >= 15 is 0 Å². The number of hydrogen-bond acceptors (Lipinski definition) is 3. The van der Waals surface area contributed by atoms with Gasteiger partial charge in [0.05, 0.1) is 5.54 Å². The van der Waals surface area contributed by atoms with E-state index in [1.165, 1.54) is 0 Å². The first-order valence-corrected chi connectivity index (χ1v) is 5.49. The zero-order chi connectivity index (χ0) is 11.7. The van der Waals surface area contributed by atoms with Gasteiger partial charge in [0.2, 0.25) is 0 Å². The second-order valence-electron chi connectivity index (χ2n) is 5.44. The molecule has 0 spiro atoms. The monoisotopic (exact) mass is 214 g/mol. The second kappa shape index (κ2) is 4.00. The summed E-state index contributed by atoms with van der Waals surface area (Å²) in [6.07, 6.45) is 1.73. The Bertz CT molecular complexity index is 247. The van der Waals surface area contributed by atoms with Crippen LogP contribution in [0.15, 0.2) is 0 Å². The Kier molecular flexibility index (Phi) is 3.28. The molecular weight excluding hydrogens is 192 g/mol. The van der Waals surface area contributed by atoms with Crippen LogP contribution in [0.25, 0.3) is 0 Å². The molecule has 1 saturated heterocycles. The van der Waals surface area contributed by atoms with E-state index in [-0.39, 0.29) is 11.6 Å². The van der Waals surface area contributed by atoms with Crippen LogP contribution in [0.3, 0.4) is 0 Å². The third-order valence-electron chi connectivity index (χ3n) is 2.80. The van der Waals surface area contributed by atoms with Gasteiger partial charge in [-0.05, 0) is 40.5 Å². The van der Waals surface area contributed by atoms with Gasteiger partial charge in [-0.1, -0.05) is 0 Å². The van der Waals surface area contributed by atoms with E-state index in [0.29, 0.717) is 6.54 Å². The Hall–Kier alpha value is -0.770. The van der Waals surface area contributed by atoms with E-state index in [1.54, 1.807) is 4.90 Å². The molecule has 0 bridgehead atoms. The molecule has 0 aliphatic carbocycles. The van der Waals surface area contributed by atoms with E-state index < -0.39 is 5.60 Å². The molecule has 1 aliphatic heterocycles. The highest BCUT2D eigenvalue weighted by molar-refractivity contribution is 5.69. The quantitative estimate of drug-likeness (QED) is 0.723. The van der Waals surface area contributed by atoms with Gasteiger partial charge in [0, 0.05) is 13.1 Å². The van der Waals surface area contributed by atoms with Crippen LogP contribution < -0.4 is 5.73 Å². The molecule has 88 valence electrons. The Morgan fingerprint density at radius 3 is 2.60 bits per heavy atom. The summed E-state index contributed by atoms with van der Waals surface area (Å²) in [5, 5.41) is 0. The molecule has 2 N–H and O–H groups in total. The van der Waals surface area contributed by atoms with Crippen LogP contribution in [0.4, 0.5) is 4.79 Å². The number of carbonyl (C=O) groups is 1. The van der Waals surface area contributed by atoms with Crippen molar-refractivity contribution in [1.29, 1.82) is 0 Å². The summed E-state index contributed by atoms with van der Waals surface area (Å²) in [7, 11) is 0. The molecule has 1 heterocycles. The highest BCUT2D eigenvalue weighted by Gasteiger charge is 2.40. The number of nitrogens with zero attached hydrogens (tertiary/aromatic N) is 1. The molecule has 0 unspecified atom stereocenters. The normalized spacial score (nSPS) is 26.9. The van der Waals surface area contributed by atoms with Crippen molar-refractivity contribution in [2.24, 2.45) is 5.73 Å². The first-order valence-electron chi connectivity index (χ1n) is 5.49. The first kappa shape index (κ1) is 12.3. The molecule has 1 amide bonds. The van der Waals surface area contributed by atoms with Crippen molar-refractivity contribution in [2.75, 3.05) is 13.1 Å². The van der Waals surface area contributed by atoms with Crippen molar-refractivity contribution >= 4 is 6.09 Å². The fraction of sp³-hybridized carbons (Fsp3) is 0.909. The molecule has 1 aliphatic rings. The van der Waals surface area contributed by atoms with Gasteiger partial charge in [-0.3, -0.25) is 0 Å². The van der Waals surface area contributed by atoms with Crippen LogP contribution in [0.1, 0.15) is 40.5 Å². The number of ether oxygens (including phenoxy) is 1. The molecule has 0 saturated carbocycles. The average molecular weight is 214 g/mol. The summed E-state index contributed by atoms with van der Waals surface area (Å²) in [5.41, 5.74) is 5.06. The van der Waals surface area contributed by atoms with Gasteiger partial charge in [-0.15, -0.1) is 0 Å². The number of nitrogens with two attached hydrogens (primary N) is 1. The van der Waals surface area contributed by atoms with Crippen LogP contribution in [-0.4, -0.2) is 35.2 Å². The average Bonchev–Trinajstić information content (AvgIpc) is 2.45. The van der Waals surface area contributed by atoms with Crippen LogP contribution in [0.5, 0.6) is 0 Å². The predicted octanol–water partition coefficient (Wildman–Crippen LogP) is 1.73. The minimum absolute atomic E-state index is 0.220. The Morgan fingerprint density at radius 1 is 1.53 bits per heavy atom. The topological polar surface area (TPSA) is 55.6 Å². The van der Waals surface area contributed by atoms with Crippen LogP contribution in [0.2, 0.25) is 0 Å². The van der Waals surface area contributed by atoms with Gasteiger partial charge in [-0.25, -0.2) is 4.79 Å². The molecule has 15 heavy (non-hydrogen) atoms. The Morgan fingerprint density at radius 2 is 2.13 bits per heavy atom. The van der Waals surface area contributed by atoms with Crippen molar-refractivity contribution in [2.45, 2.75) is 51.7 Å². The van der Waals surface area contributed by atoms with Crippen LogP contribution >= 0.6 is 0 Å². The highest BCUT2D eigenvalue weighted by Crippen LogP contribution is 2.29. The summed E-state index contributed by atoms with van der Waals surface area (Å²) in [6.45, 7) is 8.89. The molecule has 1 fully saturated rings. The van der Waals surface area contributed by atoms with Gasteiger partial charge < -0.3 is 15.4 Å². The maximum absolute atomic E-state index is 11.9.